The van der Waals surface area contributed by atoms with Crippen molar-refractivity contribution < 1.29 is 9.15 Å². The van der Waals surface area contributed by atoms with E-state index in [1.54, 1.807) is 12.5 Å². The standard InChI is InChI=1S/C13H20N4O2/c1-3-5-14-7-11-10-18-13(16-11)19-12-8-15-17(9-12)6-4-2/h8-10,14H,3-7H2,1-2H3. The van der Waals surface area contributed by atoms with Crippen LogP contribution in [0.5, 0.6) is 11.8 Å². The van der Waals surface area contributed by atoms with E-state index in [1.807, 2.05) is 10.9 Å². The summed E-state index contributed by atoms with van der Waals surface area (Å²) in [5, 5.41) is 7.43. The molecular weight excluding hydrogens is 244 g/mol. The highest BCUT2D eigenvalue weighted by atomic mass is 16.6. The SMILES string of the molecule is CCCNCc1coc(Oc2cnn(CCC)c2)n1. The maximum atomic E-state index is 5.50. The maximum Gasteiger partial charge on any atom is 0.399 e. The van der Waals surface area contributed by atoms with Gasteiger partial charge in [0.05, 0.1) is 18.1 Å². The fourth-order valence-electron chi connectivity index (χ4n) is 1.66. The number of aryl methyl sites for hydroxylation is 1. The largest absolute Gasteiger partial charge is 0.417 e. The van der Waals surface area contributed by atoms with E-state index in [0.717, 1.165) is 31.6 Å². The first-order valence-electron chi connectivity index (χ1n) is 6.67. The normalized spacial score (nSPS) is 10.8. The monoisotopic (exact) mass is 264 g/mol. The number of oxazole rings is 1. The Labute approximate surface area is 112 Å². The Morgan fingerprint density at radius 2 is 2.26 bits per heavy atom. The summed E-state index contributed by atoms with van der Waals surface area (Å²) in [6.45, 7) is 6.76. The van der Waals surface area contributed by atoms with E-state index in [2.05, 4.69) is 29.2 Å². The molecule has 0 unspecified atom stereocenters. The molecule has 6 nitrogen and oxygen atoms in total. The van der Waals surface area contributed by atoms with Gasteiger partial charge >= 0.3 is 6.08 Å². The summed E-state index contributed by atoms with van der Waals surface area (Å²) < 4.78 is 12.6. The molecule has 0 radical (unpaired) electrons. The lowest BCUT2D eigenvalue weighted by Crippen LogP contribution is -2.13. The van der Waals surface area contributed by atoms with E-state index >= 15 is 0 Å². The van der Waals surface area contributed by atoms with Crippen LogP contribution in [-0.2, 0) is 13.1 Å². The van der Waals surface area contributed by atoms with Crippen molar-refractivity contribution in [2.45, 2.75) is 39.8 Å². The van der Waals surface area contributed by atoms with Gasteiger partial charge < -0.3 is 14.5 Å². The average molecular weight is 264 g/mol. The van der Waals surface area contributed by atoms with Crippen molar-refractivity contribution in [1.29, 1.82) is 0 Å². The van der Waals surface area contributed by atoms with E-state index in [-0.39, 0.29) is 6.08 Å². The van der Waals surface area contributed by atoms with Gasteiger partial charge in [-0.1, -0.05) is 13.8 Å². The zero-order valence-electron chi connectivity index (χ0n) is 11.4. The molecule has 0 saturated carbocycles. The third-order valence-electron chi connectivity index (χ3n) is 2.53. The van der Waals surface area contributed by atoms with Gasteiger partial charge in [-0.05, 0) is 19.4 Å². The minimum absolute atomic E-state index is 0.254. The van der Waals surface area contributed by atoms with Crippen molar-refractivity contribution in [3.05, 3.63) is 24.4 Å². The van der Waals surface area contributed by atoms with Gasteiger partial charge in [-0.2, -0.15) is 10.1 Å². The van der Waals surface area contributed by atoms with Gasteiger partial charge in [0.15, 0.2) is 5.75 Å². The van der Waals surface area contributed by atoms with Crippen molar-refractivity contribution in [2.75, 3.05) is 6.54 Å². The number of rotatable bonds is 8. The van der Waals surface area contributed by atoms with E-state index in [4.69, 9.17) is 9.15 Å². The highest BCUT2D eigenvalue weighted by molar-refractivity contribution is 5.16. The molecule has 1 N–H and O–H groups in total. The number of nitrogens with one attached hydrogen (secondary N) is 1. The predicted octanol–water partition coefficient (Wildman–Crippen LogP) is 2.57. The molecule has 2 aromatic heterocycles. The van der Waals surface area contributed by atoms with Crippen LogP contribution in [0.2, 0.25) is 0 Å². The first kappa shape index (κ1) is 13.6. The van der Waals surface area contributed by atoms with Gasteiger partial charge in [-0.15, -0.1) is 0 Å². The molecule has 0 amide bonds. The van der Waals surface area contributed by atoms with E-state index < -0.39 is 0 Å². The summed E-state index contributed by atoms with van der Waals surface area (Å²) in [7, 11) is 0. The lowest BCUT2D eigenvalue weighted by atomic mass is 10.4. The molecule has 19 heavy (non-hydrogen) atoms. The Hall–Kier alpha value is -1.82. The third kappa shape index (κ3) is 4.10. The molecule has 0 spiro atoms. The van der Waals surface area contributed by atoms with Crippen molar-refractivity contribution in [2.24, 2.45) is 0 Å². The number of hydrogen-bond acceptors (Lipinski definition) is 5. The topological polar surface area (TPSA) is 65.1 Å². The molecule has 0 fully saturated rings. The second-order valence-corrected chi connectivity index (χ2v) is 4.32. The van der Waals surface area contributed by atoms with Crippen molar-refractivity contribution in [3.63, 3.8) is 0 Å². The lowest BCUT2D eigenvalue weighted by molar-refractivity contribution is 0.330. The quantitative estimate of drug-likeness (QED) is 0.742. The molecule has 2 heterocycles. The van der Waals surface area contributed by atoms with Crippen LogP contribution in [0.15, 0.2) is 23.1 Å². The highest BCUT2D eigenvalue weighted by Gasteiger charge is 2.07. The van der Waals surface area contributed by atoms with Crippen molar-refractivity contribution in [1.82, 2.24) is 20.1 Å². The molecule has 0 aliphatic heterocycles. The molecule has 104 valence electrons. The number of ether oxygens (including phenoxy) is 1. The Morgan fingerprint density at radius 3 is 3.05 bits per heavy atom. The molecule has 0 aromatic carbocycles. The van der Waals surface area contributed by atoms with Crippen LogP contribution in [0.1, 0.15) is 32.4 Å². The first-order valence-corrected chi connectivity index (χ1v) is 6.67. The summed E-state index contributed by atoms with van der Waals surface area (Å²) >= 11 is 0. The second-order valence-electron chi connectivity index (χ2n) is 4.32. The summed E-state index contributed by atoms with van der Waals surface area (Å²) in [6.07, 6.45) is 7.49. The Morgan fingerprint density at radius 1 is 1.37 bits per heavy atom. The van der Waals surface area contributed by atoms with Crippen LogP contribution in [0, 0.1) is 0 Å². The van der Waals surface area contributed by atoms with Gasteiger partial charge in [0.25, 0.3) is 0 Å². The zero-order valence-corrected chi connectivity index (χ0v) is 11.4. The summed E-state index contributed by atoms with van der Waals surface area (Å²) in [5.74, 6) is 0.642. The number of hydrogen-bond donors (Lipinski definition) is 1. The Kier molecular flexibility index (Phi) is 4.97. The molecule has 2 rings (SSSR count). The summed E-state index contributed by atoms with van der Waals surface area (Å²) in [6, 6.07) is 0. The average Bonchev–Trinajstić information content (AvgIpc) is 3.01. The minimum atomic E-state index is 0.254. The van der Waals surface area contributed by atoms with Gasteiger partial charge in [0.2, 0.25) is 0 Å². The fraction of sp³-hybridized carbons (Fsp3) is 0.538. The fourth-order valence-corrected chi connectivity index (χ4v) is 1.66. The van der Waals surface area contributed by atoms with E-state index in [9.17, 15) is 0 Å². The molecule has 2 aromatic rings. The van der Waals surface area contributed by atoms with E-state index in [0.29, 0.717) is 12.3 Å². The van der Waals surface area contributed by atoms with Gasteiger partial charge in [0.1, 0.15) is 6.26 Å². The summed E-state index contributed by atoms with van der Waals surface area (Å²) in [5.41, 5.74) is 0.837. The minimum Gasteiger partial charge on any atom is -0.417 e. The predicted molar refractivity (Wildman–Crippen MR) is 71.1 cm³/mol. The maximum absolute atomic E-state index is 5.50. The number of aromatic nitrogens is 3. The highest BCUT2D eigenvalue weighted by Crippen LogP contribution is 2.19. The number of nitrogens with zero attached hydrogens (tertiary/aromatic N) is 3. The Bertz CT molecular complexity index is 492. The van der Waals surface area contributed by atoms with Gasteiger partial charge in [-0.25, -0.2) is 0 Å². The van der Waals surface area contributed by atoms with Crippen LogP contribution in [0.4, 0.5) is 0 Å². The molecule has 0 aliphatic carbocycles. The summed E-state index contributed by atoms with van der Waals surface area (Å²) in [4.78, 5) is 4.24. The lowest BCUT2D eigenvalue weighted by Gasteiger charge is -1.97. The Balaban J connectivity index is 1.87. The van der Waals surface area contributed by atoms with Crippen molar-refractivity contribution in [3.8, 4) is 11.8 Å². The molecule has 0 bridgehead atoms. The van der Waals surface area contributed by atoms with Crippen LogP contribution < -0.4 is 10.1 Å². The molecule has 0 aliphatic rings. The third-order valence-corrected chi connectivity index (χ3v) is 2.53. The van der Waals surface area contributed by atoms with Crippen LogP contribution >= 0.6 is 0 Å². The molecular formula is C13H20N4O2. The second kappa shape index (κ2) is 6.94. The van der Waals surface area contributed by atoms with Crippen LogP contribution in [0.25, 0.3) is 0 Å². The van der Waals surface area contributed by atoms with Gasteiger partial charge in [0, 0.05) is 13.1 Å². The molecule has 0 saturated heterocycles. The first-order chi connectivity index (χ1) is 9.31. The molecule has 0 atom stereocenters. The zero-order chi connectivity index (χ0) is 13.5. The molecule has 6 heteroatoms. The van der Waals surface area contributed by atoms with Crippen LogP contribution in [-0.4, -0.2) is 21.3 Å². The van der Waals surface area contributed by atoms with Crippen molar-refractivity contribution >= 4 is 0 Å². The van der Waals surface area contributed by atoms with Gasteiger partial charge in [-0.3, -0.25) is 4.68 Å². The van der Waals surface area contributed by atoms with E-state index in [1.165, 1.54) is 0 Å². The van der Waals surface area contributed by atoms with Crippen LogP contribution in [0.3, 0.4) is 0 Å². The smallest absolute Gasteiger partial charge is 0.399 e.